The van der Waals surface area contributed by atoms with Crippen molar-refractivity contribution in [2.24, 2.45) is 0 Å². The summed E-state index contributed by atoms with van der Waals surface area (Å²) in [5.74, 6) is 1.69. The van der Waals surface area contributed by atoms with Crippen LogP contribution in [0.2, 0.25) is 0 Å². The summed E-state index contributed by atoms with van der Waals surface area (Å²) < 4.78 is 40.6. The second-order valence-corrected chi connectivity index (χ2v) is 10.4. The highest BCUT2D eigenvalue weighted by molar-refractivity contribution is 9.10. The minimum Gasteiger partial charge on any atom is -0.496 e. The number of halogens is 2. The third-order valence-corrected chi connectivity index (χ3v) is 8.27. The van der Waals surface area contributed by atoms with Crippen LogP contribution in [-0.4, -0.2) is 39.2 Å². The van der Waals surface area contributed by atoms with E-state index in [4.69, 9.17) is 9.47 Å². The van der Waals surface area contributed by atoms with E-state index in [9.17, 15) is 8.42 Å². The number of sulfonamides is 1. The SMILES string of the molecule is COc1ccc(Br)cc1C1SCCN1S(=O)(=O)c1cc(Br)ccc1OC. The van der Waals surface area contributed by atoms with Crippen molar-refractivity contribution in [1.82, 2.24) is 4.31 Å². The molecule has 0 bridgehead atoms. The van der Waals surface area contributed by atoms with Crippen molar-refractivity contribution < 1.29 is 17.9 Å². The third-order valence-electron chi connectivity index (χ3n) is 4.02. The van der Waals surface area contributed by atoms with Crippen molar-refractivity contribution in [3.8, 4) is 11.5 Å². The molecule has 9 heteroatoms. The van der Waals surface area contributed by atoms with Gasteiger partial charge in [-0.25, -0.2) is 8.42 Å². The molecule has 0 saturated carbocycles. The van der Waals surface area contributed by atoms with Gasteiger partial charge in [0.2, 0.25) is 10.0 Å². The number of nitrogens with zero attached hydrogens (tertiary/aromatic N) is 1. The average molecular weight is 523 g/mol. The first-order valence-corrected chi connectivity index (χ1v) is 11.8. The van der Waals surface area contributed by atoms with E-state index < -0.39 is 10.0 Å². The summed E-state index contributed by atoms with van der Waals surface area (Å²) in [6.07, 6.45) is 0. The monoisotopic (exact) mass is 521 g/mol. The molecule has 2 aromatic carbocycles. The van der Waals surface area contributed by atoms with Crippen LogP contribution in [-0.2, 0) is 10.0 Å². The van der Waals surface area contributed by atoms with Crippen LogP contribution < -0.4 is 9.47 Å². The molecule has 1 unspecified atom stereocenters. The second-order valence-electron chi connectivity index (χ2n) is 5.52. The Bertz CT molecular complexity index is 921. The molecule has 3 rings (SSSR count). The largest absolute Gasteiger partial charge is 0.496 e. The Morgan fingerprint density at radius 1 is 1.04 bits per heavy atom. The molecule has 0 N–H and O–H groups in total. The van der Waals surface area contributed by atoms with Crippen molar-refractivity contribution in [1.29, 1.82) is 0 Å². The van der Waals surface area contributed by atoms with Gasteiger partial charge in [-0.2, -0.15) is 4.31 Å². The van der Waals surface area contributed by atoms with Crippen LogP contribution in [0.25, 0.3) is 0 Å². The van der Waals surface area contributed by atoms with Crippen molar-refractivity contribution >= 4 is 53.6 Å². The number of thioether (sulfide) groups is 1. The van der Waals surface area contributed by atoms with E-state index in [1.165, 1.54) is 11.4 Å². The summed E-state index contributed by atoms with van der Waals surface area (Å²) in [7, 11) is -0.699. The lowest BCUT2D eigenvalue weighted by atomic mass is 10.2. The molecule has 1 aliphatic rings. The van der Waals surface area contributed by atoms with Gasteiger partial charge >= 0.3 is 0 Å². The fourth-order valence-electron chi connectivity index (χ4n) is 2.82. The first-order valence-electron chi connectivity index (χ1n) is 7.69. The highest BCUT2D eigenvalue weighted by Crippen LogP contribution is 2.46. The number of hydrogen-bond acceptors (Lipinski definition) is 5. The lowest BCUT2D eigenvalue weighted by Gasteiger charge is -2.25. The van der Waals surface area contributed by atoms with Gasteiger partial charge in [0, 0.05) is 26.8 Å². The molecule has 0 radical (unpaired) electrons. The zero-order valence-corrected chi connectivity index (χ0v) is 18.9. The molecule has 140 valence electrons. The predicted molar refractivity (Wildman–Crippen MR) is 110 cm³/mol. The maximum atomic E-state index is 13.4. The lowest BCUT2D eigenvalue weighted by Crippen LogP contribution is -2.31. The van der Waals surface area contributed by atoms with Gasteiger partial charge in [-0.3, -0.25) is 0 Å². The Labute approximate surface area is 174 Å². The topological polar surface area (TPSA) is 55.8 Å². The number of methoxy groups -OCH3 is 2. The number of ether oxygens (including phenoxy) is 2. The van der Waals surface area contributed by atoms with Gasteiger partial charge < -0.3 is 9.47 Å². The average Bonchev–Trinajstić information content (AvgIpc) is 3.12. The lowest BCUT2D eigenvalue weighted by molar-refractivity contribution is 0.383. The summed E-state index contributed by atoms with van der Waals surface area (Å²) in [6, 6.07) is 10.6. The third kappa shape index (κ3) is 3.77. The highest BCUT2D eigenvalue weighted by atomic mass is 79.9. The van der Waals surface area contributed by atoms with Crippen LogP contribution in [0.5, 0.6) is 11.5 Å². The van der Waals surface area contributed by atoms with Crippen molar-refractivity contribution in [2.45, 2.75) is 10.3 Å². The fraction of sp³-hybridized carbons (Fsp3) is 0.294. The van der Waals surface area contributed by atoms with E-state index >= 15 is 0 Å². The molecule has 1 atom stereocenters. The van der Waals surface area contributed by atoms with Crippen molar-refractivity contribution in [2.75, 3.05) is 26.5 Å². The smallest absolute Gasteiger partial charge is 0.248 e. The maximum Gasteiger partial charge on any atom is 0.248 e. The van der Waals surface area contributed by atoms with Gasteiger partial charge in [0.25, 0.3) is 0 Å². The Morgan fingerprint density at radius 3 is 2.31 bits per heavy atom. The summed E-state index contributed by atoms with van der Waals surface area (Å²) in [4.78, 5) is 0.149. The van der Waals surface area contributed by atoms with E-state index in [-0.39, 0.29) is 10.3 Å². The van der Waals surface area contributed by atoms with Gasteiger partial charge in [0.05, 0.1) is 19.6 Å². The van der Waals surface area contributed by atoms with E-state index in [1.807, 2.05) is 18.2 Å². The van der Waals surface area contributed by atoms with Crippen LogP contribution >= 0.6 is 43.6 Å². The predicted octanol–water partition coefficient (Wildman–Crippen LogP) is 4.67. The molecule has 0 aromatic heterocycles. The van der Waals surface area contributed by atoms with Gasteiger partial charge in [-0.15, -0.1) is 11.8 Å². The number of benzene rings is 2. The summed E-state index contributed by atoms with van der Waals surface area (Å²) >= 11 is 8.38. The first-order chi connectivity index (χ1) is 12.4. The molecule has 1 aliphatic heterocycles. The highest BCUT2D eigenvalue weighted by Gasteiger charge is 2.39. The number of rotatable bonds is 5. The molecule has 1 heterocycles. The van der Waals surface area contributed by atoms with Crippen LogP contribution in [0, 0.1) is 0 Å². The zero-order valence-electron chi connectivity index (χ0n) is 14.1. The van der Waals surface area contributed by atoms with E-state index in [0.717, 1.165) is 10.0 Å². The van der Waals surface area contributed by atoms with E-state index in [1.54, 1.807) is 37.1 Å². The fourth-order valence-corrected chi connectivity index (χ4v) is 7.14. The molecule has 5 nitrogen and oxygen atoms in total. The minimum absolute atomic E-state index is 0.149. The molecule has 2 aromatic rings. The molecular weight excluding hydrogens is 506 g/mol. The molecule has 0 spiro atoms. The van der Waals surface area contributed by atoms with Crippen molar-refractivity contribution in [3.63, 3.8) is 0 Å². The van der Waals surface area contributed by atoms with Gasteiger partial charge in [-0.05, 0) is 36.4 Å². The van der Waals surface area contributed by atoms with Gasteiger partial charge in [0.15, 0.2) is 0 Å². The van der Waals surface area contributed by atoms with Gasteiger partial charge in [-0.1, -0.05) is 31.9 Å². The molecule has 26 heavy (non-hydrogen) atoms. The molecular formula is C17H17Br2NO4S2. The van der Waals surface area contributed by atoms with Crippen LogP contribution in [0.4, 0.5) is 0 Å². The van der Waals surface area contributed by atoms with E-state index in [2.05, 4.69) is 31.9 Å². The maximum absolute atomic E-state index is 13.4. The number of hydrogen-bond donors (Lipinski definition) is 0. The minimum atomic E-state index is -3.75. The Hall–Kier alpha value is -0.740. The Kier molecular flexibility index (Phi) is 6.23. The van der Waals surface area contributed by atoms with E-state index in [0.29, 0.717) is 28.3 Å². The molecule has 0 aliphatic carbocycles. The van der Waals surface area contributed by atoms with Crippen LogP contribution in [0.1, 0.15) is 10.9 Å². The quantitative estimate of drug-likeness (QED) is 0.571. The molecule has 0 amide bonds. The van der Waals surface area contributed by atoms with Gasteiger partial charge in [0.1, 0.15) is 16.4 Å². The van der Waals surface area contributed by atoms with Crippen LogP contribution in [0.15, 0.2) is 50.2 Å². The zero-order chi connectivity index (χ0) is 18.9. The molecule has 1 fully saturated rings. The Morgan fingerprint density at radius 2 is 1.65 bits per heavy atom. The van der Waals surface area contributed by atoms with Crippen LogP contribution in [0.3, 0.4) is 0 Å². The van der Waals surface area contributed by atoms with Crippen molar-refractivity contribution in [3.05, 3.63) is 50.9 Å². The summed E-state index contributed by atoms with van der Waals surface area (Å²) in [5, 5.41) is -0.365. The summed E-state index contributed by atoms with van der Waals surface area (Å²) in [6.45, 7) is 0.420. The second kappa shape index (κ2) is 8.10. The Balaban J connectivity index is 2.08. The first kappa shape index (κ1) is 20.0. The summed E-state index contributed by atoms with van der Waals surface area (Å²) in [5.41, 5.74) is 0.821. The normalized spacial score (nSPS) is 18.1. The standard InChI is InChI=1S/C17H17Br2NO4S2/c1-23-14-5-3-11(18)9-13(14)17-20(7-8-25-17)26(21,22)16-10-12(19)4-6-15(16)24-2/h3-6,9-10,17H,7-8H2,1-2H3. The molecule has 1 saturated heterocycles.